The lowest BCUT2D eigenvalue weighted by molar-refractivity contribution is 0.170. The van der Waals surface area contributed by atoms with Gasteiger partial charge in [0, 0.05) is 12.0 Å². The van der Waals surface area contributed by atoms with Gasteiger partial charge < -0.3 is 21.4 Å². The molecular formula is C10H23N3O2. The molecule has 0 heterocycles. The molecule has 1 atom stereocenters. The molecular weight excluding hydrogens is 194 g/mol. The van der Waals surface area contributed by atoms with Crippen LogP contribution in [0.4, 0.5) is 0 Å². The summed E-state index contributed by atoms with van der Waals surface area (Å²) >= 11 is 0. The van der Waals surface area contributed by atoms with E-state index in [-0.39, 0.29) is 18.0 Å². The van der Waals surface area contributed by atoms with E-state index < -0.39 is 0 Å². The summed E-state index contributed by atoms with van der Waals surface area (Å²) in [6, 6.07) is 0. The third kappa shape index (κ3) is 6.30. The Balaban J connectivity index is 3.54. The summed E-state index contributed by atoms with van der Waals surface area (Å²) < 4.78 is 0. The number of rotatable bonds is 8. The standard InChI is InChI=1S/C10H23N3O2/c1-3-10(2,8-14)12-7-5-4-6-9(11)13-15/h12,14-15H,3-8H2,1-2H3,(H2,11,13). The van der Waals surface area contributed by atoms with Crippen molar-refractivity contribution in [1.82, 2.24) is 5.32 Å². The smallest absolute Gasteiger partial charge is 0.139 e. The molecule has 0 radical (unpaired) electrons. The molecule has 0 aliphatic heterocycles. The van der Waals surface area contributed by atoms with E-state index in [1.54, 1.807) is 0 Å². The van der Waals surface area contributed by atoms with Crippen LogP contribution >= 0.6 is 0 Å². The first-order valence-electron chi connectivity index (χ1n) is 5.40. The van der Waals surface area contributed by atoms with Crippen LogP contribution in [0.1, 0.15) is 39.5 Å². The SMILES string of the molecule is CCC(C)(CO)NCCCCC(N)=NO. The van der Waals surface area contributed by atoms with Crippen molar-refractivity contribution in [3.8, 4) is 0 Å². The number of nitrogens with zero attached hydrogens (tertiary/aromatic N) is 1. The van der Waals surface area contributed by atoms with Gasteiger partial charge in [-0.15, -0.1) is 0 Å². The maximum absolute atomic E-state index is 9.13. The number of aliphatic hydroxyl groups is 1. The molecule has 0 aliphatic carbocycles. The van der Waals surface area contributed by atoms with E-state index in [1.165, 1.54) is 0 Å². The van der Waals surface area contributed by atoms with Gasteiger partial charge in [-0.1, -0.05) is 12.1 Å². The van der Waals surface area contributed by atoms with Crippen molar-refractivity contribution in [3.05, 3.63) is 0 Å². The van der Waals surface area contributed by atoms with E-state index in [0.29, 0.717) is 6.42 Å². The predicted octanol–water partition coefficient (Wildman–Crippen LogP) is 0.654. The highest BCUT2D eigenvalue weighted by molar-refractivity contribution is 5.79. The van der Waals surface area contributed by atoms with Gasteiger partial charge in [0.2, 0.25) is 0 Å². The Morgan fingerprint density at radius 1 is 1.47 bits per heavy atom. The molecule has 5 heteroatoms. The molecule has 5 nitrogen and oxygen atoms in total. The lowest BCUT2D eigenvalue weighted by atomic mass is 10.00. The maximum atomic E-state index is 9.13. The minimum atomic E-state index is -0.184. The Hall–Kier alpha value is -0.810. The third-order valence-electron chi connectivity index (χ3n) is 2.67. The van der Waals surface area contributed by atoms with Gasteiger partial charge in [0.05, 0.1) is 6.61 Å². The highest BCUT2D eigenvalue weighted by Gasteiger charge is 2.18. The van der Waals surface area contributed by atoms with Crippen LogP contribution < -0.4 is 11.1 Å². The molecule has 0 spiro atoms. The largest absolute Gasteiger partial charge is 0.409 e. The average molecular weight is 217 g/mol. The Kier molecular flexibility index (Phi) is 7.07. The van der Waals surface area contributed by atoms with Gasteiger partial charge in [-0.05, 0) is 32.7 Å². The van der Waals surface area contributed by atoms with Crippen LogP contribution in [-0.4, -0.2) is 34.8 Å². The fourth-order valence-electron chi connectivity index (χ4n) is 1.16. The van der Waals surface area contributed by atoms with Crippen molar-refractivity contribution < 1.29 is 10.3 Å². The summed E-state index contributed by atoms with van der Waals surface area (Å²) in [5.41, 5.74) is 5.15. The summed E-state index contributed by atoms with van der Waals surface area (Å²) in [6.45, 7) is 5.02. The van der Waals surface area contributed by atoms with Crippen LogP contribution in [0.25, 0.3) is 0 Å². The molecule has 0 bridgehead atoms. The van der Waals surface area contributed by atoms with E-state index in [1.807, 2.05) is 13.8 Å². The molecule has 1 unspecified atom stereocenters. The number of unbranched alkanes of at least 4 members (excludes halogenated alkanes) is 1. The van der Waals surface area contributed by atoms with E-state index in [9.17, 15) is 0 Å². The van der Waals surface area contributed by atoms with Crippen LogP contribution in [0, 0.1) is 0 Å². The molecule has 15 heavy (non-hydrogen) atoms. The second kappa shape index (κ2) is 7.48. The van der Waals surface area contributed by atoms with Crippen LogP contribution in [-0.2, 0) is 0 Å². The maximum Gasteiger partial charge on any atom is 0.139 e. The Bertz CT molecular complexity index is 191. The van der Waals surface area contributed by atoms with E-state index in [2.05, 4.69) is 10.5 Å². The van der Waals surface area contributed by atoms with Gasteiger partial charge in [0.1, 0.15) is 5.84 Å². The van der Waals surface area contributed by atoms with E-state index in [0.717, 1.165) is 25.8 Å². The van der Waals surface area contributed by atoms with Gasteiger partial charge in [-0.3, -0.25) is 0 Å². The molecule has 5 N–H and O–H groups in total. The highest BCUT2D eigenvalue weighted by Crippen LogP contribution is 2.07. The first-order valence-corrected chi connectivity index (χ1v) is 5.40. The number of nitrogens with two attached hydrogens (primary N) is 1. The summed E-state index contributed by atoms with van der Waals surface area (Å²) in [5, 5.41) is 23.6. The number of hydrogen-bond donors (Lipinski definition) is 4. The number of aliphatic hydroxyl groups excluding tert-OH is 1. The third-order valence-corrected chi connectivity index (χ3v) is 2.67. The first kappa shape index (κ1) is 14.2. The van der Waals surface area contributed by atoms with Crippen LogP contribution in [0.3, 0.4) is 0 Å². The predicted molar refractivity (Wildman–Crippen MR) is 61.0 cm³/mol. The van der Waals surface area contributed by atoms with Crippen molar-refractivity contribution in [2.24, 2.45) is 10.9 Å². The summed E-state index contributed by atoms with van der Waals surface area (Å²) in [6.07, 6.45) is 3.34. The molecule has 0 aromatic carbocycles. The van der Waals surface area contributed by atoms with Crippen LogP contribution in [0.2, 0.25) is 0 Å². The van der Waals surface area contributed by atoms with Gasteiger partial charge in [-0.25, -0.2) is 0 Å². The summed E-state index contributed by atoms with van der Waals surface area (Å²) in [4.78, 5) is 0. The molecule has 0 rings (SSSR count). The second-order valence-electron chi connectivity index (χ2n) is 4.05. The molecule has 90 valence electrons. The average Bonchev–Trinajstić information content (AvgIpc) is 2.27. The lowest BCUT2D eigenvalue weighted by Crippen LogP contribution is -2.45. The van der Waals surface area contributed by atoms with Gasteiger partial charge in [0.15, 0.2) is 0 Å². The van der Waals surface area contributed by atoms with Crippen molar-refractivity contribution in [2.45, 2.75) is 45.1 Å². The second-order valence-corrected chi connectivity index (χ2v) is 4.05. The first-order chi connectivity index (χ1) is 7.08. The molecule has 0 saturated heterocycles. The fraction of sp³-hybridized carbons (Fsp3) is 0.900. The molecule has 0 fully saturated rings. The minimum absolute atomic E-state index is 0.143. The highest BCUT2D eigenvalue weighted by atomic mass is 16.4. The minimum Gasteiger partial charge on any atom is -0.409 e. The lowest BCUT2D eigenvalue weighted by Gasteiger charge is -2.27. The molecule has 0 amide bonds. The number of nitrogens with one attached hydrogen (secondary N) is 1. The Labute approximate surface area is 91.4 Å². The van der Waals surface area contributed by atoms with Crippen LogP contribution in [0.15, 0.2) is 5.16 Å². The normalized spacial score (nSPS) is 16.3. The number of oxime groups is 1. The van der Waals surface area contributed by atoms with Gasteiger partial charge >= 0.3 is 0 Å². The van der Waals surface area contributed by atoms with Crippen molar-refractivity contribution >= 4 is 5.84 Å². The zero-order valence-electron chi connectivity index (χ0n) is 9.66. The fourth-order valence-corrected chi connectivity index (χ4v) is 1.16. The van der Waals surface area contributed by atoms with Crippen molar-refractivity contribution in [3.63, 3.8) is 0 Å². The molecule has 0 aliphatic rings. The van der Waals surface area contributed by atoms with E-state index >= 15 is 0 Å². The topological polar surface area (TPSA) is 90.9 Å². The van der Waals surface area contributed by atoms with E-state index in [4.69, 9.17) is 16.0 Å². The Morgan fingerprint density at radius 3 is 2.60 bits per heavy atom. The zero-order chi connectivity index (χ0) is 11.7. The van der Waals surface area contributed by atoms with Crippen LogP contribution in [0.5, 0.6) is 0 Å². The summed E-state index contributed by atoms with van der Waals surface area (Å²) in [7, 11) is 0. The van der Waals surface area contributed by atoms with Crippen molar-refractivity contribution in [1.29, 1.82) is 0 Å². The molecule has 0 aromatic rings. The summed E-state index contributed by atoms with van der Waals surface area (Å²) in [5.74, 6) is 0.274. The number of amidine groups is 1. The Morgan fingerprint density at radius 2 is 2.13 bits per heavy atom. The number of hydrogen-bond acceptors (Lipinski definition) is 4. The van der Waals surface area contributed by atoms with Crippen molar-refractivity contribution in [2.75, 3.05) is 13.2 Å². The zero-order valence-corrected chi connectivity index (χ0v) is 9.66. The molecule has 0 saturated carbocycles. The quantitative estimate of drug-likeness (QED) is 0.158. The molecule has 0 aromatic heterocycles. The van der Waals surface area contributed by atoms with Gasteiger partial charge in [0.25, 0.3) is 0 Å². The van der Waals surface area contributed by atoms with Gasteiger partial charge in [-0.2, -0.15) is 0 Å². The monoisotopic (exact) mass is 217 g/mol.